The number of likely N-dealkylation sites (N-methyl/N-ethyl adjacent to an activating group) is 1. The smallest absolute Gasteiger partial charge is 0.119 e. The van der Waals surface area contributed by atoms with Crippen LogP contribution in [0.4, 0.5) is 0 Å². The summed E-state index contributed by atoms with van der Waals surface area (Å²) in [4.78, 5) is 11.1. The zero-order chi connectivity index (χ0) is 12.8. The van der Waals surface area contributed by atoms with Crippen LogP contribution < -0.4 is 5.32 Å². The van der Waals surface area contributed by atoms with Crippen molar-refractivity contribution in [2.75, 3.05) is 26.4 Å². The van der Waals surface area contributed by atoms with Gasteiger partial charge in [0, 0.05) is 31.5 Å². The molecule has 1 N–H and O–H groups in total. The van der Waals surface area contributed by atoms with Gasteiger partial charge in [-0.3, -0.25) is 9.88 Å². The highest BCUT2D eigenvalue weighted by Gasteiger charge is 2.15. The summed E-state index contributed by atoms with van der Waals surface area (Å²) in [5.41, 5.74) is 1.09. The number of piperidine rings is 1. The molecule has 18 heavy (non-hydrogen) atoms. The van der Waals surface area contributed by atoms with Crippen molar-refractivity contribution >= 4 is 11.8 Å². The van der Waals surface area contributed by atoms with Gasteiger partial charge in [-0.1, -0.05) is 6.42 Å². The Labute approximate surface area is 114 Å². The van der Waals surface area contributed by atoms with Crippen molar-refractivity contribution in [2.45, 2.75) is 36.9 Å². The molecule has 1 saturated heterocycles. The Hall–Kier alpha value is -0.650. The van der Waals surface area contributed by atoms with Gasteiger partial charge in [0.2, 0.25) is 0 Å². The number of nitrogens with one attached hydrogen (secondary N) is 1. The molecule has 1 aliphatic heterocycles. The average Bonchev–Trinajstić information content (AvgIpc) is 2.40. The van der Waals surface area contributed by atoms with Crippen LogP contribution in [-0.4, -0.2) is 47.3 Å². The van der Waals surface area contributed by atoms with Gasteiger partial charge in [0.15, 0.2) is 0 Å². The highest BCUT2D eigenvalue weighted by molar-refractivity contribution is 7.98. The third-order valence-electron chi connectivity index (χ3n) is 3.29. The molecule has 1 aromatic heterocycles. The minimum atomic E-state index is 0.637. The van der Waals surface area contributed by atoms with Crippen LogP contribution >= 0.6 is 11.8 Å². The molecule has 2 heterocycles. The monoisotopic (exact) mass is 266 g/mol. The zero-order valence-electron chi connectivity index (χ0n) is 11.2. The molecule has 0 saturated carbocycles. The largest absolute Gasteiger partial charge is 0.313 e. The van der Waals surface area contributed by atoms with Crippen LogP contribution in [0.2, 0.25) is 0 Å². The normalized spacial score (nSPS) is 20.3. The Morgan fingerprint density at radius 3 is 2.94 bits per heavy atom. The van der Waals surface area contributed by atoms with E-state index < -0.39 is 0 Å². The summed E-state index contributed by atoms with van der Waals surface area (Å²) in [5.74, 6) is 0. The minimum absolute atomic E-state index is 0.637. The van der Waals surface area contributed by atoms with Crippen molar-refractivity contribution in [1.82, 2.24) is 20.2 Å². The number of rotatable bonds is 5. The Morgan fingerprint density at radius 2 is 2.22 bits per heavy atom. The van der Waals surface area contributed by atoms with E-state index in [0.29, 0.717) is 6.04 Å². The first-order chi connectivity index (χ1) is 8.79. The molecule has 4 nitrogen and oxygen atoms in total. The molecule has 1 aromatic rings. The second-order valence-corrected chi connectivity index (χ2v) is 5.65. The molecule has 0 bridgehead atoms. The second kappa shape index (κ2) is 7.07. The lowest BCUT2D eigenvalue weighted by Gasteiger charge is -2.28. The van der Waals surface area contributed by atoms with Crippen molar-refractivity contribution < 1.29 is 0 Å². The van der Waals surface area contributed by atoms with Gasteiger partial charge in [-0.15, -0.1) is 11.8 Å². The maximum Gasteiger partial charge on any atom is 0.119 e. The molecule has 0 spiro atoms. The first-order valence-corrected chi connectivity index (χ1v) is 7.78. The summed E-state index contributed by atoms with van der Waals surface area (Å²) in [6.07, 6.45) is 9.56. The first kappa shape index (κ1) is 13.8. The topological polar surface area (TPSA) is 41.1 Å². The lowest BCUT2D eigenvalue weighted by atomic mass is 10.0. The van der Waals surface area contributed by atoms with Crippen molar-refractivity contribution in [1.29, 1.82) is 0 Å². The Kier molecular flexibility index (Phi) is 5.41. The highest BCUT2D eigenvalue weighted by Crippen LogP contribution is 2.16. The fourth-order valence-corrected chi connectivity index (χ4v) is 2.93. The number of aromatic nitrogens is 2. The van der Waals surface area contributed by atoms with Gasteiger partial charge in [0.1, 0.15) is 5.03 Å². The zero-order valence-corrected chi connectivity index (χ0v) is 12.0. The Morgan fingerprint density at radius 1 is 1.39 bits per heavy atom. The predicted octanol–water partition coefficient (Wildman–Crippen LogP) is 1.77. The van der Waals surface area contributed by atoms with Crippen molar-refractivity contribution in [2.24, 2.45) is 0 Å². The molecule has 0 amide bonds. The van der Waals surface area contributed by atoms with Crippen LogP contribution in [-0.2, 0) is 6.54 Å². The number of hydrogen-bond acceptors (Lipinski definition) is 5. The Bertz CT molecular complexity index is 366. The van der Waals surface area contributed by atoms with Gasteiger partial charge in [0.25, 0.3) is 0 Å². The van der Waals surface area contributed by atoms with Crippen molar-refractivity contribution in [3.05, 3.63) is 18.1 Å². The number of thioether (sulfide) groups is 1. The fourth-order valence-electron chi connectivity index (χ4n) is 2.41. The number of hydrogen-bond donors (Lipinski definition) is 1. The van der Waals surface area contributed by atoms with Gasteiger partial charge in [-0.2, -0.15) is 0 Å². The lowest BCUT2D eigenvalue weighted by Crippen LogP contribution is -2.42. The molecule has 0 radical (unpaired) electrons. The van der Waals surface area contributed by atoms with Gasteiger partial charge in [-0.25, -0.2) is 4.98 Å². The summed E-state index contributed by atoms with van der Waals surface area (Å²) in [5, 5.41) is 4.62. The van der Waals surface area contributed by atoms with Gasteiger partial charge < -0.3 is 5.32 Å². The van der Waals surface area contributed by atoms with E-state index in [9.17, 15) is 0 Å². The maximum absolute atomic E-state index is 4.44. The van der Waals surface area contributed by atoms with Crippen molar-refractivity contribution in [3.63, 3.8) is 0 Å². The van der Waals surface area contributed by atoms with Crippen LogP contribution in [0.15, 0.2) is 17.4 Å². The second-order valence-electron chi connectivity index (χ2n) is 4.86. The van der Waals surface area contributed by atoms with Crippen LogP contribution in [0, 0.1) is 0 Å². The summed E-state index contributed by atoms with van der Waals surface area (Å²) in [7, 11) is 2.16. The van der Waals surface area contributed by atoms with E-state index in [2.05, 4.69) is 33.5 Å². The van der Waals surface area contributed by atoms with Crippen molar-refractivity contribution in [3.8, 4) is 0 Å². The van der Waals surface area contributed by atoms with E-state index in [0.717, 1.165) is 23.8 Å². The summed E-state index contributed by atoms with van der Waals surface area (Å²) in [6, 6.07) is 0.637. The molecule has 0 aromatic carbocycles. The van der Waals surface area contributed by atoms with Gasteiger partial charge in [-0.05, 0) is 32.7 Å². The highest BCUT2D eigenvalue weighted by atomic mass is 32.2. The van der Waals surface area contributed by atoms with E-state index in [4.69, 9.17) is 0 Å². The molecular formula is C13H22N4S. The third-order valence-corrected chi connectivity index (χ3v) is 4.02. The summed E-state index contributed by atoms with van der Waals surface area (Å²) >= 11 is 1.67. The van der Waals surface area contributed by atoms with E-state index in [1.807, 2.05) is 0 Å². The summed E-state index contributed by atoms with van der Waals surface area (Å²) in [6.45, 7) is 3.13. The quantitative estimate of drug-likeness (QED) is 0.823. The molecule has 1 aliphatic rings. The molecule has 2 rings (SSSR count). The molecule has 0 aliphatic carbocycles. The minimum Gasteiger partial charge on any atom is -0.313 e. The van der Waals surface area contributed by atoms with Gasteiger partial charge in [0.05, 0.1) is 5.69 Å². The van der Waals surface area contributed by atoms with E-state index in [-0.39, 0.29) is 0 Å². The first-order valence-electron chi connectivity index (χ1n) is 6.55. The molecular weight excluding hydrogens is 244 g/mol. The van der Waals surface area contributed by atoms with Crippen LogP contribution in [0.1, 0.15) is 25.0 Å². The van der Waals surface area contributed by atoms with E-state index in [1.54, 1.807) is 24.2 Å². The predicted molar refractivity (Wildman–Crippen MR) is 75.8 cm³/mol. The third kappa shape index (κ3) is 3.93. The van der Waals surface area contributed by atoms with Crippen LogP contribution in [0.3, 0.4) is 0 Å². The molecule has 1 fully saturated rings. The van der Waals surface area contributed by atoms with Crippen LogP contribution in [0.25, 0.3) is 0 Å². The standard InChI is InChI=1S/C13H22N4S/c1-17(9-11-5-3-4-6-14-11)10-12-13(18-2)16-8-7-15-12/h7-8,11,14H,3-6,9-10H2,1-2H3/t11-/m0/s1. The average molecular weight is 266 g/mol. The molecule has 0 unspecified atom stereocenters. The molecule has 100 valence electrons. The SMILES string of the molecule is CSc1nccnc1CN(C)C[C@@H]1CCCCN1. The van der Waals surface area contributed by atoms with Crippen LogP contribution in [0.5, 0.6) is 0 Å². The van der Waals surface area contributed by atoms with E-state index in [1.165, 1.54) is 25.8 Å². The molecule has 5 heteroatoms. The number of nitrogens with zero attached hydrogens (tertiary/aromatic N) is 3. The fraction of sp³-hybridized carbons (Fsp3) is 0.692. The molecule has 1 atom stereocenters. The van der Waals surface area contributed by atoms with E-state index >= 15 is 0 Å². The van der Waals surface area contributed by atoms with Gasteiger partial charge >= 0.3 is 0 Å². The Balaban J connectivity index is 1.87. The lowest BCUT2D eigenvalue weighted by molar-refractivity contribution is 0.252. The maximum atomic E-state index is 4.44. The summed E-state index contributed by atoms with van der Waals surface area (Å²) < 4.78 is 0.